The Morgan fingerprint density at radius 2 is 2.22 bits per heavy atom. The Bertz CT molecular complexity index is 549. The molecule has 1 atom stereocenters. The Morgan fingerprint density at radius 3 is 2.83 bits per heavy atom. The van der Waals surface area contributed by atoms with Crippen LogP contribution in [0.4, 0.5) is 4.39 Å². The minimum Gasteiger partial charge on any atom is -0.376 e. The van der Waals surface area contributed by atoms with Crippen LogP contribution in [0, 0.1) is 5.82 Å². The van der Waals surface area contributed by atoms with E-state index >= 15 is 0 Å². The maximum Gasteiger partial charge on any atom is 0.243 e. The van der Waals surface area contributed by atoms with Gasteiger partial charge in [0.1, 0.15) is 5.82 Å². The van der Waals surface area contributed by atoms with Crippen molar-refractivity contribution in [2.45, 2.75) is 17.9 Å². The summed E-state index contributed by atoms with van der Waals surface area (Å²) in [6.07, 6.45) is -0.127. The zero-order valence-electron chi connectivity index (χ0n) is 9.77. The third kappa shape index (κ3) is 2.74. The Kier molecular flexibility index (Phi) is 4.05. The first kappa shape index (κ1) is 13.9. The molecule has 0 radical (unpaired) electrons. The normalized spacial score (nSPS) is 22.1. The lowest BCUT2D eigenvalue weighted by molar-refractivity contribution is 0.0102. The lowest BCUT2D eigenvalue weighted by Crippen LogP contribution is -2.44. The lowest BCUT2D eigenvalue weighted by Gasteiger charge is -2.30. The van der Waals surface area contributed by atoms with Crippen LogP contribution in [0.3, 0.4) is 0 Å². The Morgan fingerprint density at radius 1 is 1.50 bits per heavy atom. The van der Waals surface area contributed by atoms with Crippen molar-refractivity contribution >= 4 is 26.0 Å². The molecule has 1 fully saturated rings. The zero-order valence-corrected chi connectivity index (χ0v) is 12.2. The molecule has 0 unspecified atom stereocenters. The molecule has 0 N–H and O–H groups in total. The first-order valence-electron chi connectivity index (χ1n) is 5.48. The molecular weight excluding hydrogens is 325 g/mol. The molecule has 1 aromatic carbocycles. The first-order valence-corrected chi connectivity index (χ1v) is 7.71. The molecule has 0 aliphatic carbocycles. The van der Waals surface area contributed by atoms with E-state index in [4.69, 9.17) is 4.74 Å². The van der Waals surface area contributed by atoms with Crippen LogP contribution in [-0.4, -0.2) is 38.5 Å². The number of benzene rings is 1. The van der Waals surface area contributed by atoms with Gasteiger partial charge in [-0.2, -0.15) is 4.31 Å². The minimum atomic E-state index is -3.58. The van der Waals surface area contributed by atoms with Crippen molar-refractivity contribution in [2.24, 2.45) is 0 Å². The number of morpholine rings is 1. The van der Waals surface area contributed by atoms with Crippen molar-refractivity contribution in [3.8, 4) is 0 Å². The Balaban J connectivity index is 2.32. The van der Waals surface area contributed by atoms with E-state index in [1.807, 2.05) is 6.92 Å². The maximum atomic E-state index is 13.1. The topological polar surface area (TPSA) is 46.6 Å². The van der Waals surface area contributed by atoms with Crippen LogP contribution in [0.1, 0.15) is 6.92 Å². The van der Waals surface area contributed by atoms with Gasteiger partial charge in [0.05, 0.1) is 22.1 Å². The van der Waals surface area contributed by atoms with Gasteiger partial charge in [0.2, 0.25) is 10.0 Å². The van der Waals surface area contributed by atoms with Crippen LogP contribution in [0.15, 0.2) is 27.6 Å². The standard InChI is InChI=1S/C11H13BrFNO3S/c1-8-7-14(4-5-17-8)18(15,16)9-2-3-11(13)10(12)6-9/h2-3,6,8H,4-5,7H2,1H3/t8-/m0/s1. The largest absolute Gasteiger partial charge is 0.376 e. The fourth-order valence-corrected chi connectivity index (χ4v) is 3.85. The highest BCUT2D eigenvalue weighted by atomic mass is 79.9. The minimum absolute atomic E-state index is 0.0878. The smallest absolute Gasteiger partial charge is 0.243 e. The molecule has 1 heterocycles. The van der Waals surface area contributed by atoms with Gasteiger partial charge in [-0.15, -0.1) is 0 Å². The summed E-state index contributed by atoms with van der Waals surface area (Å²) in [5, 5.41) is 0. The SMILES string of the molecule is C[C@H]1CN(S(=O)(=O)c2ccc(F)c(Br)c2)CCO1. The van der Waals surface area contributed by atoms with Crippen molar-refractivity contribution in [3.05, 3.63) is 28.5 Å². The molecule has 0 amide bonds. The number of hydrogen-bond donors (Lipinski definition) is 0. The molecule has 1 aliphatic heterocycles. The molecule has 1 aromatic rings. The van der Waals surface area contributed by atoms with E-state index in [1.165, 1.54) is 16.4 Å². The summed E-state index contributed by atoms with van der Waals surface area (Å²) in [6.45, 7) is 2.84. The molecule has 1 aliphatic rings. The summed E-state index contributed by atoms with van der Waals surface area (Å²) in [5.74, 6) is -0.482. The molecule has 0 bridgehead atoms. The molecule has 100 valence electrons. The number of halogens is 2. The van der Waals surface area contributed by atoms with Gasteiger partial charge in [-0.1, -0.05) is 0 Å². The third-order valence-electron chi connectivity index (χ3n) is 2.73. The van der Waals surface area contributed by atoms with E-state index in [9.17, 15) is 12.8 Å². The van der Waals surface area contributed by atoms with Gasteiger partial charge < -0.3 is 4.74 Å². The van der Waals surface area contributed by atoms with Crippen LogP contribution in [0.25, 0.3) is 0 Å². The maximum absolute atomic E-state index is 13.1. The lowest BCUT2D eigenvalue weighted by atomic mass is 10.3. The van der Waals surface area contributed by atoms with Gasteiger partial charge in [0.15, 0.2) is 0 Å². The third-order valence-corrected chi connectivity index (χ3v) is 5.20. The number of ether oxygens (including phenoxy) is 1. The molecule has 0 spiro atoms. The second-order valence-electron chi connectivity index (χ2n) is 4.12. The average Bonchev–Trinajstić information content (AvgIpc) is 2.32. The van der Waals surface area contributed by atoms with Crippen LogP contribution in [-0.2, 0) is 14.8 Å². The number of nitrogens with zero attached hydrogens (tertiary/aromatic N) is 1. The van der Waals surface area contributed by atoms with Crippen LogP contribution in [0.2, 0.25) is 0 Å². The molecular formula is C11H13BrFNO3S. The van der Waals surface area contributed by atoms with Crippen molar-refractivity contribution in [2.75, 3.05) is 19.7 Å². The van der Waals surface area contributed by atoms with Crippen molar-refractivity contribution < 1.29 is 17.5 Å². The number of rotatable bonds is 2. The molecule has 1 saturated heterocycles. The van der Waals surface area contributed by atoms with Crippen LogP contribution >= 0.6 is 15.9 Å². The highest BCUT2D eigenvalue weighted by Crippen LogP contribution is 2.23. The average molecular weight is 338 g/mol. The van der Waals surface area contributed by atoms with E-state index in [1.54, 1.807) is 0 Å². The Hall–Kier alpha value is -0.500. The fraction of sp³-hybridized carbons (Fsp3) is 0.455. The van der Waals surface area contributed by atoms with E-state index in [2.05, 4.69) is 15.9 Å². The predicted octanol–water partition coefficient (Wildman–Crippen LogP) is 2.00. The number of hydrogen-bond acceptors (Lipinski definition) is 3. The monoisotopic (exact) mass is 337 g/mol. The summed E-state index contributed by atoms with van der Waals surface area (Å²) in [5.41, 5.74) is 0. The van der Waals surface area contributed by atoms with Gasteiger partial charge in [0.25, 0.3) is 0 Å². The number of sulfonamides is 1. The molecule has 0 aromatic heterocycles. The van der Waals surface area contributed by atoms with E-state index < -0.39 is 15.8 Å². The second-order valence-corrected chi connectivity index (χ2v) is 6.91. The van der Waals surface area contributed by atoms with Gasteiger partial charge in [-0.25, -0.2) is 12.8 Å². The van der Waals surface area contributed by atoms with Crippen LogP contribution < -0.4 is 0 Å². The quantitative estimate of drug-likeness (QED) is 0.829. The summed E-state index contributed by atoms with van der Waals surface area (Å²) in [6, 6.07) is 3.70. The summed E-state index contributed by atoms with van der Waals surface area (Å²) in [4.78, 5) is 0.0878. The van der Waals surface area contributed by atoms with Gasteiger partial charge >= 0.3 is 0 Å². The van der Waals surface area contributed by atoms with Crippen molar-refractivity contribution in [1.29, 1.82) is 0 Å². The highest BCUT2D eigenvalue weighted by molar-refractivity contribution is 9.10. The van der Waals surface area contributed by atoms with Crippen LogP contribution in [0.5, 0.6) is 0 Å². The molecule has 4 nitrogen and oxygen atoms in total. The van der Waals surface area contributed by atoms with Gasteiger partial charge in [-0.05, 0) is 41.1 Å². The van der Waals surface area contributed by atoms with Gasteiger partial charge in [0, 0.05) is 13.1 Å². The molecule has 18 heavy (non-hydrogen) atoms. The summed E-state index contributed by atoms with van der Waals surface area (Å²) in [7, 11) is -3.58. The van der Waals surface area contributed by atoms with Crippen molar-refractivity contribution in [3.63, 3.8) is 0 Å². The highest BCUT2D eigenvalue weighted by Gasteiger charge is 2.29. The zero-order chi connectivity index (χ0) is 13.3. The summed E-state index contributed by atoms with van der Waals surface area (Å²) >= 11 is 2.99. The molecule has 2 rings (SSSR count). The second kappa shape index (κ2) is 5.24. The summed E-state index contributed by atoms with van der Waals surface area (Å²) < 4.78 is 44.6. The predicted molar refractivity (Wildman–Crippen MR) is 68.3 cm³/mol. The molecule has 0 saturated carbocycles. The van der Waals surface area contributed by atoms with E-state index in [0.29, 0.717) is 19.7 Å². The van der Waals surface area contributed by atoms with Crippen molar-refractivity contribution in [1.82, 2.24) is 4.31 Å². The Labute approximate surface area is 114 Å². The molecule has 7 heteroatoms. The van der Waals surface area contributed by atoms with E-state index in [-0.39, 0.29) is 15.5 Å². The first-order chi connectivity index (χ1) is 8.41. The van der Waals surface area contributed by atoms with Gasteiger partial charge in [-0.3, -0.25) is 0 Å². The fourth-order valence-electron chi connectivity index (χ4n) is 1.79. The van der Waals surface area contributed by atoms with E-state index in [0.717, 1.165) is 6.07 Å².